The van der Waals surface area contributed by atoms with Gasteiger partial charge >= 0.3 is 5.97 Å². The standard InChI is InChI=1S/C14H28N2O2/c1-4-15-13(14(17)18-3)10-11-16(5-2)12-8-6-7-9-12/h12-13,15H,4-11H2,1-3H3. The number of esters is 1. The van der Waals surface area contributed by atoms with Gasteiger partial charge in [0.15, 0.2) is 0 Å². The van der Waals surface area contributed by atoms with Gasteiger partial charge in [-0.3, -0.25) is 4.79 Å². The van der Waals surface area contributed by atoms with Crippen molar-refractivity contribution in [3.63, 3.8) is 0 Å². The number of methoxy groups -OCH3 is 1. The lowest BCUT2D eigenvalue weighted by Gasteiger charge is -2.28. The molecule has 18 heavy (non-hydrogen) atoms. The Labute approximate surface area is 111 Å². The first-order valence-electron chi connectivity index (χ1n) is 7.28. The van der Waals surface area contributed by atoms with Gasteiger partial charge < -0.3 is 15.0 Å². The van der Waals surface area contributed by atoms with Crippen LogP contribution in [0.3, 0.4) is 0 Å². The average molecular weight is 256 g/mol. The minimum atomic E-state index is -0.157. The molecule has 1 atom stereocenters. The van der Waals surface area contributed by atoms with E-state index in [1.165, 1.54) is 32.8 Å². The third-order valence-electron chi connectivity index (χ3n) is 3.89. The van der Waals surface area contributed by atoms with E-state index in [-0.39, 0.29) is 12.0 Å². The largest absolute Gasteiger partial charge is 0.468 e. The highest BCUT2D eigenvalue weighted by Gasteiger charge is 2.24. The fraction of sp³-hybridized carbons (Fsp3) is 0.929. The summed E-state index contributed by atoms with van der Waals surface area (Å²) in [4.78, 5) is 14.1. The maximum absolute atomic E-state index is 11.6. The maximum atomic E-state index is 11.6. The monoisotopic (exact) mass is 256 g/mol. The Bertz CT molecular complexity index is 240. The molecule has 0 bridgehead atoms. The second kappa shape index (κ2) is 8.48. The highest BCUT2D eigenvalue weighted by molar-refractivity contribution is 5.75. The summed E-state index contributed by atoms with van der Waals surface area (Å²) in [5, 5.41) is 3.20. The molecule has 0 aromatic heterocycles. The number of hydrogen-bond donors (Lipinski definition) is 1. The molecule has 0 aliphatic heterocycles. The summed E-state index contributed by atoms with van der Waals surface area (Å²) in [5.74, 6) is -0.140. The van der Waals surface area contributed by atoms with Crippen LogP contribution in [0.15, 0.2) is 0 Å². The molecule has 4 nitrogen and oxygen atoms in total. The molecule has 0 radical (unpaired) electrons. The molecule has 1 unspecified atom stereocenters. The van der Waals surface area contributed by atoms with E-state index in [2.05, 4.69) is 17.1 Å². The van der Waals surface area contributed by atoms with Crippen LogP contribution >= 0.6 is 0 Å². The molecule has 1 N–H and O–H groups in total. The van der Waals surface area contributed by atoms with Gasteiger partial charge in [-0.1, -0.05) is 26.7 Å². The highest BCUT2D eigenvalue weighted by Crippen LogP contribution is 2.23. The summed E-state index contributed by atoms with van der Waals surface area (Å²) in [6.07, 6.45) is 6.18. The van der Waals surface area contributed by atoms with Crippen molar-refractivity contribution in [2.24, 2.45) is 0 Å². The molecule has 0 amide bonds. The topological polar surface area (TPSA) is 41.6 Å². The molecule has 1 saturated carbocycles. The van der Waals surface area contributed by atoms with Crippen LogP contribution < -0.4 is 5.32 Å². The molecular weight excluding hydrogens is 228 g/mol. The zero-order chi connectivity index (χ0) is 13.4. The molecule has 4 heteroatoms. The number of nitrogens with one attached hydrogen (secondary N) is 1. The number of nitrogens with zero attached hydrogens (tertiary/aromatic N) is 1. The Balaban J connectivity index is 2.40. The van der Waals surface area contributed by atoms with E-state index in [1.54, 1.807) is 0 Å². The predicted molar refractivity (Wildman–Crippen MR) is 73.6 cm³/mol. The summed E-state index contributed by atoms with van der Waals surface area (Å²) >= 11 is 0. The molecule has 1 rings (SSSR count). The molecule has 0 aromatic rings. The minimum absolute atomic E-state index is 0.140. The number of hydrogen-bond acceptors (Lipinski definition) is 4. The number of rotatable bonds is 8. The van der Waals surface area contributed by atoms with Crippen LogP contribution in [-0.2, 0) is 9.53 Å². The van der Waals surface area contributed by atoms with Gasteiger partial charge in [-0.05, 0) is 32.4 Å². The first-order valence-corrected chi connectivity index (χ1v) is 7.28. The van der Waals surface area contributed by atoms with Gasteiger partial charge in [-0.25, -0.2) is 0 Å². The first-order chi connectivity index (χ1) is 8.72. The van der Waals surface area contributed by atoms with Crippen LogP contribution in [-0.4, -0.2) is 49.7 Å². The highest BCUT2D eigenvalue weighted by atomic mass is 16.5. The average Bonchev–Trinajstić information content (AvgIpc) is 2.91. The van der Waals surface area contributed by atoms with Crippen molar-refractivity contribution in [1.29, 1.82) is 0 Å². The Hall–Kier alpha value is -0.610. The summed E-state index contributed by atoms with van der Waals surface area (Å²) in [6, 6.07) is 0.574. The van der Waals surface area contributed by atoms with Crippen molar-refractivity contribution in [2.75, 3.05) is 26.7 Å². The van der Waals surface area contributed by atoms with E-state index >= 15 is 0 Å². The molecular formula is C14H28N2O2. The Morgan fingerprint density at radius 3 is 2.56 bits per heavy atom. The lowest BCUT2D eigenvalue weighted by molar-refractivity contribution is -0.143. The van der Waals surface area contributed by atoms with Gasteiger partial charge in [0.1, 0.15) is 6.04 Å². The second-order valence-electron chi connectivity index (χ2n) is 4.99. The van der Waals surface area contributed by atoms with Gasteiger partial charge in [0, 0.05) is 12.6 Å². The van der Waals surface area contributed by atoms with Crippen molar-refractivity contribution in [3.8, 4) is 0 Å². The lowest BCUT2D eigenvalue weighted by Crippen LogP contribution is -2.42. The fourth-order valence-electron chi connectivity index (χ4n) is 2.86. The van der Waals surface area contributed by atoms with Gasteiger partial charge in [0.2, 0.25) is 0 Å². The van der Waals surface area contributed by atoms with Crippen molar-refractivity contribution in [3.05, 3.63) is 0 Å². The summed E-state index contributed by atoms with van der Waals surface area (Å²) in [7, 11) is 1.46. The summed E-state index contributed by atoms with van der Waals surface area (Å²) < 4.78 is 4.84. The molecule has 0 saturated heterocycles. The summed E-state index contributed by atoms with van der Waals surface area (Å²) in [6.45, 7) is 7.08. The Kier molecular flexibility index (Phi) is 7.28. The number of carbonyl (C=O) groups is 1. The van der Waals surface area contributed by atoms with E-state index < -0.39 is 0 Å². The molecule has 1 aliphatic carbocycles. The smallest absolute Gasteiger partial charge is 0.322 e. The van der Waals surface area contributed by atoms with E-state index in [9.17, 15) is 4.79 Å². The van der Waals surface area contributed by atoms with Crippen LogP contribution in [0.4, 0.5) is 0 Å². The van der Waals surface area contributed by atoms with Crippen molar-refractivity contribution < 1.29 is 9.53 Å². The van der Waals surface area contributed by atoms with E-state index in [1.807, 2.05) is 6.92 Å². The zero-order valence-corrected chi connectivity index (χ0v) is 12.1. The molecule has 106 valence electrons. The van der Waals surface area contributed by atoms with Gasteiger partial charge in [-0.15, -0.1) is 0 Å². The number of ether oxygens (including phenoxy) is 1. The van der Waals surface area contributed by atoms with Gasteiger partial charge in [0.05, 0.1) is 7.11 Å². The van der Waals surface area contributed by atoms with Crippen LogP contribution in [0.2, 0.25) is 0 Å². The maximum Gasteiger partial charge on any atom is 0.322 e. The lowest BCUT2D eigenvalue weighted by atomic mass is 10.1. The van der Waals surface area contributed by atoms with Crippen LogP contribution in [0.1, 0.15) is 46.0 Å². The Morgan fingerprint density at radius 1 is 1.39 bits per heavy atom. The van der Waals surface area contributed by atoms with Crippen LogP contribution in [0, 0.1) is 0 Å². The minimum Gasteiger partial charge on any atom is -0.468 e. The zero-order valence-electron chi connectivity index (χ0n) is 12.1. The quantitative estimate of drug-likeness (QED) is 0.672. The Morgan fingerprint density at radius 2 is 2.06 bits per heavy atom. The van der Waals surface area contributed by atoms with E-state index in [0.29, 0.717) is 0 Å². The third-order valence-corrected chi connectivity index (χ3v) is 3.89. The fourth-order valence-corrected chi connectivity index (χ4v) is 2.86. The second-order valence-corrected chi connectivity index (χ2v) is 4.99. The molecule has 0 heterocycles. The predicted octanol–water partition coefficient (Wildman–Crippen LogP) is 1.79. The van der Waals surface area contributed by atoms with E-state index in [0.717, 1.165) is 32.1 Å². The molecule has 1 aliphatic rings. The van der Waals surface area contributed by atoms with Crippen molar-refractivity contribution in [1.82, 2.24) is 10.2 Å². The van der Waals surface area contributed by atoms with Crippen LogP contribution in [0.25, 0.3) is 0 Å². The van der Waals surface area contributed by atoms with Gasteiger partial charge in [0.25, 0.3) is 0 Å². The molecule has 0 spiro atoms. The van der Waals surface area contributed by atoms with Gasteiger partial charge in [-0.2, -0.15) is 0 Å². The van der Waals surface area contributed by atoms with Crippen molar-refractivity contribution >= 4 is 5.97 Å². The molecule has 0 aromatic carbocycles. The molecule has 1 fully saturated rings. The number of carbonyl (C=O) groups excluding carboxylic acids is 1. The van der Waals surface area contributed by atoms with Crippen molar-refractivity contribution in [2.45, 2.75) is 58.0 Å². The third kappa shape index (κ3) is 4.58. The SMILES string of the molecule is CCNC(CCN(CC)C1CCCC1)C(=O)OC. The first kappa shape index (κ1) is 15.4. The van der Waals surface area contributed by atoms with Crippen LogP contribution in [0.5, 0.6) is 0 Å². The normalized spacial score (nSPS) is 18.2. The van der Waals surface area contributed by atoms with E-state index in [4.69, 9.17) is 4.74 Å². The number of likely N-dealkylation sites (N-methyl/N-ethyl adjacent to an activating group) is 1. The summed E-state index contributed by atoms with van der Waals surface area (Å²) in [5.41, 5.74) is 0.